The van der Waals surface area contributed by atoms with E-state index >= 15 is 0 Å². The van der Waals surface area contributed by atoms with Crippen LogP contribution in [-0.4, -0.2) is 43.0 Å². The van der Waals surface area contributed by atoms with Gasteiger partial charge in [-0.1, -0.05) is 97.1 Å². The van der Waals surface area contributed by atoms with E-state index in [4.69, 9.17) is 11.5 Å². The minimum atomic E-state index is -4.98. The lowest BCUT2D eigenvalue weighted by molar-refractivity contribution is 0.477. The second-order valence-corrected chi connectivity index (χ2v) is 18.4. The molecule has 71 heavy (non-hydrogen) atoms. The predicted molar refractivity (Wildman–Crippen MR) is 281 cm³/mol. The number of hydrogen-bond donors (Lipinski definition) is 7. The molecule has 0 saturated carbocycles. The Bertz CT molecular complexity index is 3410. The van der Waals surface area contributed by atoms with Gasteiger partial charge in [0, 0.05) is 16.8 Å². The number of anilines is 2. The van der Waals surface area contributed by atoms with E-state index in [2.05, 4.69) is 41.1 Å². The highest BCUT2D eigenvalue weighted by atomic mass is 32.2. The van der Waals surface area contributed by atoms with Crippen molar-refractivity contribution in [2.75, 3.05) is 10.6 Å². The maximum absolute atomic E-state index is 12.0. The predicted octanol–water partition coefficient (Wildman–Crippen LogP) is 12.6. The average Bonchev–Trinajstić information content (AvgIpc) is 3.33. The van der Waals surface area contributed by atoms with Crippen LogP contribution in [-0.2, 0) is 20.2 Å². The molecule has 0 aliphatic heterocycles. The van der Waals surface area contributed by atoms with Gasteiger partial charge in [0.2, 0.25) is 0 Å². The molecule has 0 fully saturated rings. The average molecular weight is 991 g/mol. The first-order chi connectivity index (χ1) is 33.8. The number of rotatable bonds is 10. The number of aliphatic imine (C=N–C) groups is 2. The minimum Gasteiger partial charge on any atom is -0.506 e. The molecule has 9 N–H and O–H groups in total. The van der Waals surface area contributed by atoms with Crippen molar-refractivity contribution in [2.45, 2.75) is 37.5 Å². The van der Waals surface area contributed by atoms with Crippen LogP contribution in [0.4, 0.5) is 45.5 Å². The zero-order chi connectivity index (χ0) is 51.1. The first kappa shape index (κ1) is 51.8. The standard InChI is InChI=1S/C22H16N4O7S2.2C15H17N3/c27-19-11-6-14-12-18(34(28,29)30)13-20(35(31,32)33)21(14)22(19)26-25-17-9-7-16(8-10-17)24-23-15-4-2-1-3-5-15;2*1-11-7-3-5-9-13(11)17-15(16)18-14-10-6-4-8-12(14)2/h1-13,27H,(H,28,29,30)(H,31,32,33);2*3-10H,1-2H3,(H3,16,17,18). The number of aromatic hydroxyl groups is 1. The van der Waals surface area contributed by atoms with Crippen LogP contribution in [0.15, 0.2) is 216 Å². The molecular formula is C52H50N10O7S2. The van der Waals surface area contributed by atoms with Gasteiger partial charge in [0.15, 0.2) is 11.9 Å². The highest BCUT2D eigenvalue weighted by molar-refractivity contribution is 7.86. The molecule has 19 heteroatoms. The summed E-state index contributed by atoms with van der Waals surface area (Å²) < 4.78 is 66.0. The molecule has 0 unspecified atom stereocenters. The summed E-state index contributed by atoms with van der Waals surface area (Å²) in [5.41, 5.74) is 21.2. The van der Waals surface area contributed by atoms with Gasteiger partial charge in [0.05, 0.1) is 33.3 Å². The Morgan fingerprint density at radius 1 is 0.465 bits per heavy atom. The molecule has 0 aliphatic carbocycles. The minimum absolute atomic E-state index is 0.0313. The van der Waals surface area contributed by atoms with Crippen LogP contribution < -0.4 is 22.1 Å². The molecule has 0 heterocycles. The lowest BCUT2D eigenvalue weighted by atomic mass is 10.1. The van der Waals surface area contributed by atoms with Crippen LogP contribution in [0.2, 0.25) is 0 Å². The van der Waals surface area contributed by atoms with Crippen molar-refractivity contribution in [3.8, 4) is 5.75 Å². The summed E-state index contributed by atoms with van der Waals surface area (Å²) in [6.07, 6.45) is 0. The van der Waals surface area contributed by atoms with Crippen molar-refractivity contribution in [2.24, 2.45) is 41.9 Å². The van der Waals surface area contributed by atoms with E-state index in [9.17, 15) is 31.0 Å². The summed E-state index contributed by atoms with van der Waals surface area (Å²) in [5.74, 6) is 0.330. The van der Waals surface area contributed by atoms with Gasteiger partial charge >= 0.3 is 0 Å². The first-order valence-corrected chi connectivity index (χ1v) is 24.4. The Morgan fingerprint density at radius 3 is 1.31 bits per heavy atom. The number of fused-ring (bicyclic) bond motifs is 1. The molecule has 0 aliphatic rings. The van der Waals surface area contributed by atoms with Gasteiger partial charge in [0.1, 0.15) is 16.3 Å². The van der Waals surface area contributed by atoms with Crippen LogP contribution in [0.25, 0.3) is 10.8 Å². The van der Waals surface area contributed by atoms with Crippen LogP contribution >= 0.6 is 0 Å². The zero-order valence-electron chi connectivity index (χ0n) is 38.9. The van der Waals surface area contributed by atoms with Crippen molar-refractivity contribution in [1.29, 1.82) is 0 Å². The fraction of sp³-hybridized carbons (Fsp3) is 0.0769. The largest absolute Gasteiger partial charge is 0.506 e. The first-order valence-electron chi connectivity index (χ1n) is 21.5. The summed E-state index contributed by atoms with van der Waals surface area (Å²) in [6, 6.07) is 51.1. The molecule has 17 nitrogen and oxygen atoms in total. The van der Waals surface area contributed by atoms with Crippen LogP contribution in [0.3, 0.4) is 0 Å². The number of para-hydroxylation sites is 4. The molecule has 0 amide bonds. The monoisotopic (exact) mass is 990 g/mol. The second-order valence-electron chi connectivity index (χ2n) is 15.6. The van der Waals surface area contributed by atoms with E-state index in [1.807, 2.05) is 143 Å². The highest BCUT2D eigenvalue weighted by Gasteiger charge is 2.24. The van der Waals surface area contributed by atoms with Crippen molar-refractivity contribution in [3.63, 3.8) is 0 Å². The Kier molecular flexibility index (Phi) is 17.2. The molecule has 8 aromatic carbocycles. The molecule has 0 aromatic heterocycles. The molecule has 8 aromatic rings. The van der Waals surface area contributed by atoms with E-state index in [-0.39, 0.29) is 16.5 Å². The highest BCUT2D eigenvalue weighted by Crippen LogP contribution is 2.41. The fourth-order valence-corrected chi connectivity index (χ4v) is 7.89. The third kappa shape index (κ3) is 14.9. The van der Waals surface area contributed by atoms with Crippen molar-refractivity contribution in [1.82, 2.24) is 0 Å². The van der Waals surface area contributed by atoms with E-state index in [1.165, 1.54) is 6.07 Å². The normalized spacial score (nSPS) is 12.0. The van der Waals surface area contributed by atoms with Crippen molar-refractivity contribution >= 4 is 88.4 Å². The van der Waals surface area contributed by atoms with Gasteiger partial charge in [-0.3, -0.25) is 9.11 Å². The molecule has 0 saturated heterocycles. The summed E-state index contributed by atoms with van der Waals surface area (Å²) in [6.45, 7) is 8.09. The van der Waals surface area contributed by atoms with Crippen LogP contribution in [0.1, 0.15) is 22.3 Å². The zero-order valence-corrected chi connectivity index (χ0v) is 40.5. The Hall–Kier alpha value is -8.62. The van der Waals surface area contributed by atoms with E-state index in [0.717, 1.165) is 57.1 Å². The molecule has 0 atom stereocenters. The molecular weight excluding hydrogens is 941 g/mol. The third-order valence-electron chi connectivity index (χ3n) is 10.3. The lowest BCUT2D eigenvalue weighted by Gasteiger charge is -2.10. The molecule has 0 radical (unpaired) electrons. The summed E-state index contributed by atoms with van der Waals surface area (Å²) >= 11 is 0. The maximum atomic E-state index is 12.0. The fourth-order valence-electron chi connectivity index (χ4n) is 6.52. The summed E-state index contributed by atoms with van der Waals surface area (Å²) in [5, 5.41) is 32.3. The SMILES string of the molecule is Cc1ccccc1N=C(N)Nc1ccccc1C.Cc1ccccc1N=C(N)Nc1ccccc1C.O=S(=O)(O)c1cc(S(=O)(=O)O)c2c(N=Nc3ccc(N=Nc4ccccc4)cc3)c(O)ccc2c1. The molecule has 362 valence electrons. The number of nitrogens with one attached hydrogen (secondary N) is 2. The number of phenols is 1. The van der Waals surface area contributed by atoms with E-state index < -0.39 is 35.8 Å². The van der Waals surface area contributed by atoms with Gasteiger partial charge in [0.25, 0.3) is 20.2 Å². The topological polar surface area (TPSA) is 279 Å². The van der Waals surface area contributed by atoms with E-state index in [0.29, 0.717) is 35.0 Å². The van der Waals surface area contributed by atoms with Gasteiger partial charge < -0.3 is 27.2 Å². The number of aryl methyl sites for hydroxylation is 4. The van der Waals surface area contributed by atoms with Gasteiger partial charge in [-0.05, 0) is 134 Å². The number of phenolic OH excluding ortho intramolecular Hbond substituents is 1. The summed E-state index contributed by atoms with van der Waals surface area (Å²) in [7, 11) is -9.77. The number of nitrogens with two attached hydrogens (primary N) is 2. The molecule has 0 bridgehead atoms. The van der Waals surface area contributed by atoms with Crippen LogP contribution in [0.5, 0.6) is 5.75 Å². The van der Waals surface area contributed by atoms with Gasteiger partial charge in [-0.15, -0.1) is 5.11 Å². The molecule has 0 spiro atoms. The van der Waals surface area contributed by atoms with Crippen molar-refractivity contribution < 1.29 is 31.0 Å². The number of hydrogen-bond acceptors (Lipinski definition) is 11. The quantitative estimate of drug-likeness (QED) is 0.0293. The second kappa shape index (κ2) is 23.6. The Balaban J connectivity index is 0.000000192. The van der Waals surface area contributed by atoms with Gasteiger partial charge in [-0.25, -0.2) is 9.98 Å². The van der Waals surface area contributed by atoms with Crippen LogP contribution in [0, 0.1) is 27.7 Å². The van der Waals surface area contributed by atoms with E-state index in [1.54, 1.807) is 36.4 Å². The smallest absolute Gasteiger partial charge is 0.295 e. The molecule has 8 rings (SSSR count). The number of benzene rings is 8. The lowest BCUT2D eigenvalue weighted by Crippen LogP contribution is -2.22. The van der Waals surface area contributed by atoms with Crippen molar-refractivity contribution in [3.05, 3.63) is 198 Å². The number of nitrogens with zero attached hydrogens (tertiary/aromatic N) is 6. The third-order valence-corrected chi connectivity index (χ3v) is 12.0. The number of guanidine groups is 2. The summed E-state index contributed by atoms with van der Waals surface area (Å²) in [4.78, 5) is 7.13. The maximum Gasteiger partial charge on any atom is 0.295 e. The Morgan fingerprint density at radius 2 is 0.873 bits per heavy atom. The van der Waals surface area contributed by atoms with Gasteiger partial charge in [-0.2, -0.15) is 32.2 Å². The number of azo groups is 2. The Labute approximate surface area is 411 Å².